The molecular weight excluding hydrogens is 388 g/mol. The van der Waals surface area contributed by atoms with Crippen LogP contribution in [0.1, 0.15) is 42.3 Å². The number of hydroxylamine groups is 2. The van der Waals surface area contributed by atoms with E-state index in [-0.39, 0.29) is 6.04 Å². The van der Waals surface area contributed by atoms with Crippen molar-refractivity contribution in [2.45, 2.75) is 44.6 Å². The standard InChI is InChI=1S/C22H22N2O4S/c25-22(26)21-24(28-21)20(14-5-1-2-6-14)15-9-11-16(12-10-15)27-13-19-23-17-7-3-4-8-18(17)29-19/h3-4,7-12,14,20-21H,1-2,5-6,13H2,(H,25,26)/t20?,21-,24?/m1/s1. The van der Waals surface area contributed by atoms with Crippen LogP contribution in [0.2, 0.25) is 0 Å². The molecule has 5 rings (SSSR count). The molecule has 0 amide bonds. The minimum Gasteiger partial charge on any atom is -0.486 e. The lowest BCUT2D eigenvalue weighted by Crippen LogP contribution is -2.22. The zero-order valence-electron chi connectivity index (χ0n) is 15.9. The lowest BCUT2D eigenvalue weighted by Gasteiger charge is -2.23. The number of benzene rings is 2. The number of carboxylic acids is 1. The smallest absolute Gasteiger partial charge is 0.352 e. The normalized spacial score (nSPS) is 22.6. The number of carbonyl (C=O) groups is 1. The summed E-state index contributed by atoms with van der Waals surface area (Å²) in [5.41, 5.74) is 2.07. The van der Waals surface area contributed by atoms with Gasteiger partial charge in [0.15, 0.2) is 0 Å². The minimum absolute atomic E-state index is 0.0167. The van der Waals surface area contributed by atoms with E-state index in [9.17, 15) is 9.90 Å². The Balaban J connectivity index is 1.28. The molecule has 1 saturated heterocycles. The van der Waals surface area contributed by atoms with Crippen molar-refractivity contribution in [3.05, 3.63) is 59.1 Å². The predicted octanol–water partition coefficient (Wildman–Crippen LogP) is 4.76. The third-order valence-electron chi connectivity index (χ3n) is 5.66. The van der Waals surface area contributed by atoms with Gasteiger partial charge in [-0.1, -0.05) is 37.1 Å². The van der Waals surface area contributed by atoms with Crippen molar-refractivity contribution in [1.29, 1.82) is 0 Å². The molecule has 1 aliphatic heterocycles. The van der Waals surface area contributed by atoms with E-state index in [0.29, 0.717) is 12.5 Å². The van der Waals surface area contributed by atoms with Crippen LogP contribution < -0.4 is 4.74 Å². The first-order chi connectivity index (χ1) is 14.2. The van der Waals surface area contributed by atoms with E-state index in [4.69, 9.17) is 9.57 Å². The van der Waals surface area contributed by atoms with Gasteiger partial charge in [-0.15, -0.1) is 16.4 Å². The third-order valence-corrected chi connectivity index (χ3v) is 6.67. The number of aliphatic carboxylic acids is 1. The van der Waals surface area contributed by atoms with Gasteiger partial charge < -0.3 is 9.84 Å². The van der Waals surface area contributed by atoms with Gasteiger partial charge in [0.05, 0.1) is 16.3 Å². The van der Waals surface area contributed by atoms with Crippen molar-refractivity contribution in [3.8, 4) is 5.75 Å². The Morgan fingerprint density at radius 1 is 1.21 bits per heavy atom. The Labute approximate surface area is 172 Å². The summed E-state index contributed by atoms with van der Waals surface area (Å²) in [5.74, 6) is 0.275. The highest BCUT2D eigenvalue weighted by Crippen LogP contribution is 2.45. The van der Waals surface area contributed by atoms with E-state index in [1.54, 1.807) is 16.4 Å². The Bertz CT molecular complexity index is 980. The van der Waals surface area contributed by atoms with Gasteiger partial charge in [-0.05, 0) is 48.6 Å². The highest BCUT2D eigenvalue weighted by molar-refractivity contribution is 7.18. The highest BCUT2D eigenvalue weighted by Gasteiger charge is 2.51. The van der Waals surface area contributed by atoms with Gasteiger partial charge in [0.25, 0.3) is 6.23 Å². The Hall–Kier alpha value is -2.48. The van der Waals surface area contributed by atoms with E-state index in [0.717, 1.165) is 39.4 Å². The van der Waals surface area contributed by atoms with E-state index in [1.165, 1.54) is 12.8 Å². The summed E-state index contributed by atoms with van der Waals surface area (Å²) in [6.45, 7) is 0.432. The second kappa shape index (κ2) is 7.74. The SMILES string of the molecule is O=C(O)[C@H]1ON1C(c1ccc(OCc2nc3ccccc3s2)cc1)C1CCCC1. The summed E-state index contributed by atoms with van der Waals surface area (Å²) in [5, 5.41) is 11.8. The number of aromatic nitrogens is 1. The van der Waals surface area contributed by atoms with Crippen LogP contribution in [0.4, 0.5) is 0 Å². The van der Waals surface area contributed by atoms with E-state index in [1.807, 2.05) is 42.5 Å². The number of rotatable bonds is 7. The summed E-state index contributed by atoms with van der Waals surface area (Å²) < 4.78 is 7.09. The third kappa shape index (κ3) is 3.85. The topological polar surface area (TPSA) is 75.0 Å². The second-order valence-electron chi connectivity index (χ2n) is 7.58. The molecule has 2 heterocycles. The largest absolute Gasteiger partial charge is 0.486 e. The van der Waals surface area contributed by atoms with Gasteiger partial charge in [-0.2, -0.15) is 0 Å². The molecule has 2 fully saturated rings. The van der Waals surface area contributed by atoms with Crippen molar-refractivity contribution in [1.82, 2.24) is 10.0 Å². The average molecular weight is 410 g/mol. The van der Waals surface area contributed by atoms with Crippen molar-refractivity contribution in [3.63, 3.8) is 0 Å². The van der Waals surface area contributed by atoms with Crippen LogP contribution in [-0.4, -0.2) is 27.4 Å². The van der Waals surface area contributed by atoms with Crippen LogP contribution in [0.15, 0.2) is 48.5 Å². The molecule has 2 aromatic carbocycles. The molecule has 7 heteroatoms. The van der Waals surface area contributed by atoms with Gasteiger partial charge in [-0.25, -0.2) is 9.78 Å². The fraction of sp³-hybridized carbons (Fsp3) is 0.364. The number of nitrogens with zero attached hydrogens (tertiary/aromatic N) is 2. The first-order valence-corrected chi connectivity index (χ1v) is 10.8. The first-order valence-electron chi connectivity index (χ1n) is 9.94. The van der Waals surface area contributed by atoms with Crippen LogP contribution in [0.3, 0.4) is 0 Å². The van der Waals surface area contributed by atoms with Gasteiger partial charge in [0, 0.05) is 0 Å². The lowest BCUT2D eigenvalue weighted by molar-refractivity contribution is -0.138. The number of thiazole rings is 1. The number of ether oxygens (including phenoxy) is 1. The van der Waals surface area contributed by atoms with Gasteiger partial charge in [0.2, 0.25) is 0 Å². The maximum absolute atomic E-state index is 11.3. The summed E-state index contributed by atoms with van der Waals surface area (Å²) in [6, 6.07) is 16.0. The van der Waals surface area contributed by atoms with Crippen molar-refractivity contribution in [2.75, 3.05) is 0 Å². The predicted molar refractivity (Wildman–Crippen MR) is 109 cm³/mol. The van der Waals surface area contributed by atoms with Crippen molar-refractivity contribution >= 4 is 27.5 Å². The summed E-state index contributed by atoms with van der Waals surface area (Å²) in [7, 11) is 0. The second-order valence-corrected chi connectivity index (χ2v) is 8.69. The van der Waals surface area contributed by atoms with Gasteiger partial charge in [-0.3, -0.25) is 4.84 Å². The van der Waals surface area contributed by atoms with Crippen LogP contribution in [-0.2, 0) is 16.2 Å². The number of hydrogen-bond donors (Lipinski definition) is 1. The molecule has 0 radical (unpaired) electrons. The zero-order chi connectivity index (χ0) is 19.8. The number of carboxylic acid groups (broad SMARTS) is 1. The molecule has 2 unspecified atom stereocenters. The maximum atomic E-state index is 11.3. The van der Waals surface area contributed by atoms with Crippen molar-refractivity contribution in [2.24, 2.45) is 5.92 Å². The molecule has 0 spiro atoms. The molecule has 29 heavy (non-hydrogen) atoms. The monoisotopic (exact) mass is 410 g/mol. The van der Waals surface area contributed by atoms with Crippen molar-refractivity contribution < 1.29 is 19.5 Å². The molecule has 1 saturated carbocycles. The highest BCUT2D eigenvalue weighted by atomic mass is 32.1. The van der Waals surface area contributed by atoms with Gasteiger partial charge >= 0.3 is 5.97 Å². The Morgan fingerprint density at radius 3 is 2.66 bits per heavy atom. The minimum atomic E-state index is -0.927. The van der Waals surface area contributed by atoms with Crippen LogP contribution >= 0.6 is 11.3 Å². The number of hydrogen-bond acceptors (Lipinski definition) is 6. The molecule has 2 aliphatic rings. The van der Waals surface area contributed by atoms with Crippen LogP contribution in [0.25, 0.3) is 10.2 Å². The quantitative estimate of drug-likeness (QED) is 0.566. The zero-order valence-corrected chi connectivity index (χ0v) is 16.7. The van der Waals surface area contributed by atoms with Crippen LogP contribution in [0, 0.1) is 5.92 Å². The molecule has 1 aliphatic carbocycles. The molecule has 3 aromatic rings. The van der Waals surface area contributed by atoms with E-state index in [2.05, 4.69) is 11.1 Å². The summed E-state index contributed by atoms with van der Waals surface area (Å²) in [6.07, 6.45) is 3.77. The molecule has 150 valence electrons. The van der Waals surface area contributed by atoms with Gasteiger partial charge in [0.1, 0.15) is 17.4 Å². The average Bonchev–Trinajstić information content (AvgIpc) is 3.13. The Morgan fingerprint density at radius 2 is 1.97 bits per heavy atom. The fourth-order valence-electron chi connectivity index (χ4n) is 4.24. The molecule has 0 bridgehead atoms. The van der Waals surface area contributed by atoms with E-state index >= 15 is 0 Å². The Kier molecular flexibility index (Phi) is 4.95. The maximum Gasteiger partial charge on any atom is 0.352 e. The molecule has 3 atom stereocenters. The van der Waals surface area contributed by atoms with Crippen LogP contribution in [0.5, 0.6) is 5.75 Å². The fourth-order valence-corrected chi connectivity index (χ4v) is 5.12. The number of para-hydroxylation sites is 1. The molecular formula is C22H22N2O4S. The summed E-state index contributed by atoms with van der Waals surface area (Å²) in [4.78, 5) is 21.2. The molecule has 1 aromatic heterocycles. The molecule has 6 nitrogen and oxygen atoms in total. The first kappa shape index (κ1) is 18.5. The summed E-state index contributed by atoms with van der Waals surface area (Å²) >= 11 is 1.64. The number of fused-ring (bicyclic) bond motifs is 1. The van der Waals surface area contributed by atoms with E-state index < -0.39 is 12.2 Å². The molecule has 1 N–H and O–H groups in total. The lowest BCUT2D eigenvalue weighted by atomic mass is 9.91.